The third-order valence-electron chi connectivity index (χ3n) is 12.1. The first-order valence-corrected chi connectivity index (χ1v) is 21.8. The molecule has 4 aromatic heterocycles. The summed E-state index contributed by atoms with van der Waals surface area (Å²) in [6.45, 7) is 13.5. The second kappa shape index (κ2) is 17.2. The van der Waals surface area contributed by atoms with E-state index in [1.54, 1.807) is 12.4 Å². The molecular weight excluding hydrogens is 978 g/mol. The first-order valence-electron chi connectivity index (χ1n) is 21.8. The Kier molecular flexibility index (Phi) is 11.4. The molecule has 0 bridgehead atoms. The first kappa shape index (κ1) is 43.2. The minimum atomic E-state index is -0.0556. The van der Waals surface area contributed by atoms with Crippen molar-refractivity contribution in [2.24, 2.45) is 0 Å². The second-order valence-corrected chi connectivity index (χ2v) is 18.5. The Hall–Kier alpha value is -7.01. The number of pyridine rings is 2. The van der Waals surface area contributed by atoms with Crippen LogP contribution < -0.4 is 0 Å². The standard InChI is InChI=1S/C58H48N5O.Pt/c1-57(2,3)43-29-41(30-44(34-43)58(4,5)6)42-32-50(62-51(33-42)47-21-11-13-24-54(47)64)39-18-14-19-40(28-39)56-45(22-15-27-59-56)38-25-26-53-48(31-38)46-20-10-12-23-52(46)63(53)55-35-49(60-36-61-55)37-16-8-7-9-17-37;/h7-27,29-36,64H,1-6H3;/q-1;. The Bertz CT molecular complexity index is 3350. The average Bonchev–Trinajstić information content (AvgIpc) is 3.65. The summed E-state index contributed by atoms with van der Waals surface area (Å²) in [5, 5.41) is 13.3. The molecule has 0 spiro atoms. The normalized spacial score (nSPS) is 11.8. The molecule has 322 valence electrons. The molecule has 1 N–H and O–H groups in total. The van der Waals surface area contributed by atoms with E-state index in [2.05, 4.69) is 166 Å². The van der Waals surface area contributed by atoms with Gasteiger partial charge in [0.1, 0.15) is 17.9 Å². The topological polar surface area (TPSA) is 76.7 Å². The van der Waals surface area contributed by atoms with Gasteiger partial charge in [-0.3, -0.25) is 14.5 Å². The molecule has 0 saturated heterocycles. The van der Waals surface area contributed by atoms with Crippen LogP contribution in [-0.4, -0.2) is 29.6 Å². The minimum Gasteiger partial charge on any atom is -0.507 e. The Labute approximate surface area is 395 Å². The summed E-state index contributed by atoms with van der Waals surface area (Å²) in [7, 11) is 0. The van der Waals surface area contributed by atoms with Crippen LogP contribution in [-0.2, 0) is 31.9 Å². The molecule has 7 heteroatoms. The van der Waals surface area contributed by atoms with E-state index in [9.17, 15) is 5.11 Å². The van der Waals surface area contributed by atoms with Crippen molar-refractivity contribution in [1.82, 2.24) is 24.5 Å². The molecule has 0 saturated carbocycles. The van der Waals surface area contributed by atoms with Gasteiger partial charge in [0.15, 0.2) is 0 Å². The third-order valence-corrected chi connectivity index (χ3v) is 12.1. The SMILES string of the molecule is CC(C)(C)c1cc(-c2cc(-c3[c-]c(-c4ncccc4-c4ccc5c(c4)c4ccccc4n5-c4cc(-c5ccccc5)ncn4)ccc3)nc(-c3ccccc3O)c2)cc(C(C)(C)C)c1.[Pt]. The maximum atomic E-state index is 11.1. The van der Waals surface area contributed by atoms with Crippen LogP contribution >= 0.6 is 0 Å². The van der Waals surface area contributed by atoms with Crippen LogP contribution in [0.3, 0.4) is 0 Å². The molecule has 10 rings (SSSR count). The van der Waals surface area contributed by atoms with Crippen molar-refractivity contribution in [2.75, 3.05) is 0 Å². The van der Waals surface area contributed by atoms with Gasteiger partial charge in [0.05, 0.1) is 22.4 Å². The Morgan fingerprint density at radius 1 is 0.477 bits per heavy atom. The number of rotatable bonds is 7. The average molecular weight is 1030 g/mol. The van der Waals surface area contributed by atoms with Gasteiger partial charge >= 0.3 is 0 Å². The largest absolute Gasteiger partial charge is 0.507 e. The number of nitrogens with zero attached hydrogens (tertiary/aromatic N) is 5. The van der Waals surface area contributed by atoms with Crippen molar-refractivity contribution >= 4 is 21.8 Å². The summed E-state index contributed by atoms with van der Waals surface area (Å²) in [4.78, 5) is 19.6. The third kappa shape index (κ3) is 8.43. The Morgan fingerprint density at radius 2 is 1.14 bits per heavy atom. The van der Waals surface area contributed by atoms with Gasteiger partial charge in [0.2, 0.25) is 0 Å². The minimum absolute atomic E-state index is 0. The number of aromatic nitrogens is 5. The molecular formula is C58H48N5OPt-. The van der Waals surface area contributed by atoms with Gasteiger partial charge in [-0.15, -0.1) is 24.3 Å². The van der Waals surface area contributed by atoms with Gasteiger partial charge < -0.3 is 5.11 Å². The van der Waals surface area contributed by atoms with Gasteiger partial charge in [0, 0.05) is 66.6 Å². The first-order chi connectivity index (χ1) is 30.9. The fraction of sp³-hybridized carbons (Fsp3) is 0.138. The molecule has 0 aliphatic heterocycles. The number of para-hydroxylation sites is 2. The molecule has 0 fully saturated rings. The predicted molar refractivity (Wildman–Crippen MR) is 262 cm³/mol. The van der Waals surface area contributed by atoms with Crippen molar-refractivity contribution in [1.29, 1.82) is 0 Å². The van der Waals surface area contributed by atoms with Crippen molar-refractivity contribution in [2.45, 2.75) is 52.4 Å². The zero-order valence-corrected chi connectivity index (χ0v) is 39.5. The van der Waals surface area contributed by atoms with E-state index in [1.807, 2.05) is 54.7 Å². The van der Waals surface area contributed by atoms with Gasteiger partial charge in [0.25, 0.3) is 0 Å². The molecule has 0 radical (unpaired) electrons. The molecule has 0 aliphatic carbocycles. The monoisotopic (exact) mass is 1030 g/mol. The maximum Gasteiger partial charge on any atom is 0.141 e. The van der Waals surface area contributed by atoms with Crippen molar-refractivity contribution < 1.29 is 26.2 Å². The van der Waals surface area contributed by atoms with Crippen molar-refractivity contribution in [3.05, 3.63) is 194 Å². The van der Waals surface area contributed by atoms with Crippen molar-refractivity contribution in [3.8, 4) is 78.9 Å². The smallest absolute Gasteiger partial charge is 0.141 e. The number of hydrogen-bond donors (Lipinski definition) is 1. The Balaban J connectivity index is 0.00000533. The summed E-state index contributed by atoms with van der Waals surface area (Å²) < 4.78 is 2.22. The Morgan fingerprint density at radius 3 is 1.91 bits per heavy atom. The number of phenols is 1. The maximum absolute atomic E-state index is 11.1. The number of hydrogen-bond acceptors (Lipinski definition) is 5. The van der Waals surface area contributed by atoms with E-state index >= 15 is 0 Å². The zero-order valence-electron chi connectivity index (χ0n) is 37.2. The van der Waals surface area contributed by atoms with E-state index in [0.717, 1.165) is 83.6 Å². The second-order valence-electron chi connectivity index (χ2n) is 18.5. The predicted octanol–water partition coefficient (Wildman–Crippen LogP) is 14.5. The van der Waals surface area contributed by atoms with Crippen LogP contribution in [0.5, 0.6) is 5.75 Å². The number of fused-ring (bicyclic) bond motifs is 3. The zero-order chi connectivity index (χ0) is 44.2. The summed E-state index contributed by atoms with van der Waals surface area (Å²) in [6.07, 6.45) is 3.48. The summed E-state index contributed by atoms with van der Waals surface area (Å²) >= 11 is 0. The molecule has 65 heavy (non-hydrogen) atoms. The molecule has 0 aliphatic rings. The molecule has 0 amide bonds. The molecule has 0 unspecified atom stereocenters. The number of aromatic hydroxyl groups is 1. The van der Waals surface area contributed by atoms with Crippen LogP contribution in [0.25, 0.3) is 94.9 Å². The van der Waals surface area contributed by atoms with Gasteiger partial charge in [-0.05, 0) is 86.7 Å². The van der Waals surface area contributed by atoms with Crippen LogP contribution in [0.15, 0.2) is 176 Å². The van der Waals surface area contributed by atoms with Gasteiger partial charge in [-0.1, -0.05) is 150 Å². The van der Waals surface area contributed by atoms with Crippen LogP contribution in [0.2, 0.25) is 0 Å². The van der Waals surface area contributed by atoms with E-state index in [4.69, 9.17) is 15.0 Å². The summed E-state index contributed by atoms with van der Waals surface area (Å²) in [5.41, 5.74) is 15.2. The van der Waals surface area contributed by atoms with E-state index in [0.29, 0.717) is 11.3 Å². The van der Waals surface area contributed by atoms with Gasteiger partial charge in [-0.25, -0.2) is 9.97 Å². The number of phenolic OH excluding ortho intramolecular Hbond substituents is 1. The molecule has 6 nitrogen and oxygen atoms in total. The summed E-state index contributed by atoms with van der Waals surface area (Å²) in [6, 6.07) is 59.9. The molecule has 6 aromatic carbocycles. The number of benzene rings is 6. The van der Waals surface area contributed by atoms with Crippen LogP contribution in [0, 0.1) is 6.07 Å². The van der Waals surface area contributed by atoms with Crippen molar-refractivity contribution in [3.63, 3.8) is 0 Å². The van der Waals surface area contributed by atoms with Crippen LogP contribution in [0.1, 0.15) is 52.7 Å². The van der Waals surface area contributed by atoms with Gasteiger partial charge in [-0.2, -0.15) is 0 Å². The van der Waals surface area contributed by atoms with E-state index < -0.39 is 0 Å². The van der Waals surface area contributed by atoms with Crippen LogP contribution in [0.4, 0.5) is 0 Å². The fourth-order valence-corrected chi connectivity index (χ4v) is 8.56. The quantitative estimate of drug-likeness (QED) is 0.161. The molecule has 0 atom stereocenters. The fourth-order valence-electron chi connectivity index (χ4n) is 8.56. The van der Waals surface area contributed by atoms with E-state index in [-0.39, 0.29) is 37.6 Å². The van der Waals surface area contributed by atoms with E-state index in [1.165, 1.54) is 11.1 Å². The summed E-state index contributed by atoms with van der Waals surface area (Å²) in [5.74, 6) is 0.989. The molecule has 4 heterocycles. The molecule has 10 aromatic rings.